The summed E-state index contributed by atoms with van der Waals surface area (Å²) in [5.41, 5.74) is 0.481. The van der Waals surface area contributed by atoms with Gasteiger partial charge in [0.15, 0.2) is 9.84 Å². The van der Waals surface area contributed by atoms with Crippen LogP contribution in [0.5, 0.6) is 0 Å². The number of hydrogen-bond donors (Lipinski definition) is 0. The van der Waals surface area contributed by atoms with Crippen LogP contribution < -0.4 is 0 Å². The van der Waals surface area contributed by atoms with Crippen molar-refractivity contribution in [1.29, 1.82) is 0 Å². The fourth-order valence-corrected chi connectivity index (χ4v) is 3.97. The van der Waals surface area contributed by atoms with Crippen molar-refractivity contribution in [2.24, 2.45) is 22.2 Å². The van der Waals surface area contributed by atoms with Crippen molar-refractivity contribution < 1.29 is 13.2 Å². The summed E-state index contributed by atoms with van der Waals surface area (Å²) >= 11 is 0. The Morgan fingerprint density at radius 2 is 1.15 bits per heavy atom. The van der Waals surface area contributed by atoms with Gasteiger partial charge < -0.3 is 0 Å². The van der Waals surface area contributed by atoms with E-state index >= 15 is 0 Å². The van der Waals surface area contributed by atoms with Crippen molar-refractivity contribution in [3.8, 4) is 0 Å². The minimum Gasteiger partial charge on any atom is -0.299 e. The average molecular weight is 405 g/mol. The molecule has 0 aromatic carbocycles. The lowest BCUT2D eigenvalue weighted by molar-refractivity contribution is -0.125. The molecule has 3 nitrogen and oxygen atoms in total. The van der Waals surface area contributed by atoms with E-state index in [0.717, 1.165) is 12.8 Å². The van der Waals surface area contributed by atoms with Gasteiger partial charge in [0.25, 0.3) is 0 Å². The molecule has 0 aromatic rings. The number of rotatable bonds is 5. The number of ketones is 1. The lowest BCUT2D eigenvalue weighted by Gasteiger charge is -2.25. The molecular formula is C23H48O3S. The summed E-state index contributed by atoms with van der Waals surface area (Å²) in [6.45, 7) is 26.4. The Bertz CT molecular complexity index is 544. The van der Waals surface area contributed by atoms with Gasteiger partial charge in [0.05, 0.1) is 10.5 Å². The predicted octanol–water partition coefficient (Wildman–Crippen LogP) is 6.70. The number of hydrogen-bond acceptors (Lipinski definition) is 3. The molecule has 0 heterocycles. The molecule has 0 aromatic heterocycles. The summed E-state index contributed by atoms with van der Waals surface area (Å²) in [7, 11) is -2.93. The van der Waals surface area contributed by atoms with Crippen molar-refractivity contribution >= 4 is 15.6 Å². The van der Waals surface area contributed by atoms with Crippen LogP contribution in [0.3, 0.4) is 0 Å². The van der Waals surface area contributed by atoms with Gasteiger partial charge in [0.1, 0.15) is 5.78 Å². The molecule has 0 aliphatic carbocycles. The summed E-state index contributed by atoms with van der Waals surface area (Å²) in [6, 6.07) is 0. The fraction of sp³-hybridized carbons (Fsp3) is 0.957. The predicted molar refractivity (Wildman–Crippen MR) is 120 cm³/mol. The Balaban J connectivity index is 0. The zero-order valence-electron chi connectivity index (χ0n) is 20.5. The van der Waals surface area contributed by atoms with E-state index in [-0.39, 0.29) is 22.2 Å². The van der Waals surface area contributed by atoms with Gasteiger partial charge in [-0.1, -0.05) is 69.2 Å². The lowest BCUT2D eigenvalue weighted by Crippen LogP contribution is -2.31. The summed E-state index contributed by atoms with van der Waals surface area (Å²) in [5.74, 6) is 0.904. The Hall–Kier alpha value is -0.380. The van der Waals surface area contributed by atoms with Crippen LogP contribution in [-0.4, -0.2) is 24.7 Å². The molecule has 0 bridgehead atoms. The smallest absolute Gasteiger partial charge is 0.155 e. The molecule has 0 saturated heterocycles. The topological polar surface area (TPSA) is 51.2 Å². The Labute approximate surface area is 171 Å². The third-order valence-electron chi connectivity index (χ3n) is 4.23. The molecule has 164 valence electrons. The largest absolute Gasteiger partial charge is 0.299 e. The highest BCUT2D eigenvalue weighted by molar-refractivity contribution is 7.92. The maximum absolute atomic E-state index is 11.8. The van der Waals surface area contributed by atoms with E-state index in [0.29, 0.717) is 18.0 Å². The molecular weight excluding hydrogens is 356 g/mol. The zero-order chi connectivity index (χ0) is 22.5. The van der Waals surface area contributed by atoms with Crippen molar-refractivity contribution in [3.05, 3.63) is 0 Å². The zero-order valence-corrected chi connectivity index (χ0v) is 21.4. The Morgan fingerprint density at radius 3 is 1.41 bits per heavy atom. The minimum absolute atomic E-state index is 0.0956. The first-order valence-electron chi connectivity index (χ1n) is 10.2. The molecule has 1 unspecified atom stereocenters. The maximum Gasteiger partial charge on any atom is 0.155 e. The SMILES string of the molecule is CC(C)(C)CCS(=O)(=O)C(C)(C)C.CC(CC(C)(C)C)C(=O)CC(C)(C)C. The van der Waals surface area contributed by atoms with E-state index in [1.165, 1.54) is 0 Å². The van der Waals surface area contributed by atoms with Gasteiger partial charge >= 0.3 is 0 Å². The van der Waals surface area contributed by atoms with Crippen LogP contribution >= 0.6 is 0 Å². The third kappa shape index (κ3) is 16.3. The molecule has 0 saturated carbocycles. The highest BCUT2D eigenvalue weighted by Crippen LogP contribution is 2.28. The summed E-state index contributed by atoms with van der Waals surface area (Å²) in [5, 5.41) is 0. The van der Waals surface area contributed by atoms with E-state index in [9.17, 15) is 13.2 Å². The van der Waals surface area contributed by atoms with Crippen molar-refractivity contribution in [2.45, 2.75) is 114 Å². The van der Waals surface area contributed by atoms with Crippen molar-refractivity contribution in [2.75, 3.05) is 5.75 Å². The van der Waals surface area contributed by atoms with E-state index < -0.39 is 14.6 Å². The highest BCUT2D eigenvalue weighted by Gasteiger charge is 2.29. The van der Waals surface area contributed by atoms with Crippen LogP contribution in [0.4, 0.5) is 0 Å². The number of Topliss-reactive ketones (excluding diaryl/α,β-unsaturated/α-hetero) is 1. The second-order valence-electron chi connectivity index (χ2n) is 12.6. The van der Waals surface area contributed by atoms with Crippen LogP contribution in [0, 0.1) is 22.2 Å². The van der Waals surface area contributed by atoms with E-state index in [2.05, 4.69) is 69.2 Å². The third-order valence-corrected chi connectivity index (χ3v) is 6.83. The van der Waals surface area contributed by atoms with Gasteiger partial charge in [0, 0.05) is 12.3 Å². The molecule has 0 rings (SSSR count). The molecule has 27 heavy (non-hydrogen) atoms. The highest BCUT2D eigenvalue weighted by atomic mass is 32.2. The van der Waals surface area contributed by atoms with Gasteiger partial charge in [-0.15, -0.1) is 0 Å². The molecule has 0 fully saturated rings. The Kier molecular flexibility index (Phi) is 10.6. The van der Waals surface area contributed by atoms with Crippen LogP contribution in [0.1, 0.15) is 109 Å². The molecule has 0 amide bonds. The van der Waals surface area contributed by atoms with E-state index in [1.54, 1.807) is 20.8 Å². The van der Waals surface area contributed by atoms with Gasteiger partial charge in [-0.25, -0.2) is 8.42 Å². The number of carbonyl (C=O) groups is 1. The summed E-state index contributed by atoms with van der Waals surface area (Å²) in [4.78, 5) is 11.8. The van der Waals surface area contributed by atoms with Crippen molar-refractivity contribution in [1.82, 2.24) is 0 Å². The molecule has 1 atom stereocenters. The Morgan fingerprint density at radius 1 is 0.741 bits per heavy atom. The quantitative estimate of drug-likeness (QED) is 0.512. The maximum atomic E-state index is 11.8. The van der Waals surface area contributed by atoms with Gasteiger partial charge in [-0.05, 0) is 49.9 Å². The first kappa shape index (κ1) is 28.8. The summed E-state index contributed by atoms with van der Waals surface area (Å²) in [6.07, 6.45) is 2.42. The minimum atomic E-state index is -2.93. The van der Waals surface area contributed by atoms with Crippen LogP contribution in [0.15, 0.2) is 0 Å². The fourth-order valence-electron chi connectivity index (χ4n) is 2.48. The van der Waals surface area contributed by atoms with E-state index in [4.69, 9.17) is 0 Å². The van der Waals surface area contributed by atoms with Crippen molar-refractivity contribution in [3.63, 3.8) is 0 Å². The van der Waals surface area contributed by atoms with Gasteiger partial charge in [0.2, 0.25) is 0 Å². The monoisotopic (exact) mass is 404 g/mol. The average Bonchev–Trinajstić information content (AvgIpc) is 2.31. The first-order chi connectivity index (χ1) is 11.5. The van der Waals surface area contributed by atoms with Gasteiger partial charge in [-0.2, -0.15) is 0 Å². The molecule has 0 aliphatic rings. The number of carbonyl (C=O) groups excluding carboxylic acids is 1. The second-order valence-corrected chi connectivity index (χ2v) is 15.5. The van der Waals surface area contributed by atoms with Crippen LogP contribution in [0.2, 0.25) is 0 Å². The second kappa shape index (κ2) is 9.89. The van der Waals surface area contributed by atoms with Crippen LogP contribution in [0.25, 0.3) is 0 Å². The molecule has 0 aliphatic heterocycles. The molecule has 0 spiro atoms. The molecule has 0 radical (unpaired) electrons. The standard InChI is InChI=1S/C13H26O.C10H22O2S/c1-10(8-12(2,3)4)11(14)9-13(5,6)7;1-9(2,3)7-8-13(11,12)10(4,5)6/h10H,8-9H2,1-7H3;7-8H2,1-6H3. The number of sulfone groups is 1. The first-order valence-corrected chi connectivity index (χ1v) is 11.9. The van der Waals surface area contributed by atoms with Crippen LogP contribution in [-0.2, 0) is 14.6 Å². The van der Waals surface area contributed by atoms with Gasteiger partial charge in [-0.3, -0.25) is 4.79 Å². The normalized spacial score (nSPS) is 15.0. The molecule has 0 N–H and O–H groups in total. The summed E-state index contributed by atoms with van der Waals surface area (Å²) < 4.78 is 22.8. The molecule has 4 heteroatoms. The lowest BCUT2D eigenvalue weighted by atomic mass is 9.79. The van der Waals surface area contributed by atoms with E-state index in [1.807, 2.05) is 0 Å².